The van der Waals surface area contributed by atoms with Gasteiger partial charge in [-0.1, -0.05) is 11.6 Å². The van der Waals surface area contributed by atoms with Gasteiger partial charge < -0.3 is 15.1 Å². The van der Waals surface area contributed by atoms with Crippen molar-refractivity contribution in [3.8, 4) is 0 Å². The molecule has 2 N–H and O–H groups in total. The fourth-order valence-corrected chi connectivity index (χ4v) is 3.81. The number of halogens is 1. The molecule has 1 aromatic carbocycles. The van der Waals surface area contributed by atoms with Crippen LogP contribution in [0.15, 0.2) is 24.3 Å². The van der Waals surface area contributed by atoms with Gasteiger partial charge in [0.1, 0.15) is 0 Å². The van der Waals surface area contributed by atoms with Gasteiger partial charge >= 0.3 is 5.97 Å². The number of likely N-dealkylation sites (tertiary alicyclic amines) is 1. The molecule has 2 saturated heterocycles. The molecule has 2 aliphatic rings. The van der Waals surface area contributed by atoms with E-state index in [2.05, 4.69) is 9.80 Å². The second-order valence-corrected chi connectivity index (χ2v) is 6.93. The number of aliphatic carboxylic acids is 1. The van der Waals surface area contributed by atoms with E-state index < -0.39 is 18.0 Å². The average molecular weight is 339 g/mol. The maximum atomic E-state index is 11.3. The summed E-state index contributed by atoms with van der Waals surface area (Å²) in [6.45, 7) is 3.17. The third-order valence-electron chi connectivity index (χ3n) is 5.10. The van der Waals surface area contributed by atoms with Crippen molar-refractivity contribution in [2.24, 2.45) is 5.92 Å². The number of aliphatic hydroxyl groups excluding tert-OH is 1. The number of rotatable bonds is 3. The number of carboxylic acids is 1. The number of hydrogen-bond acceptors (Lipinski definition) is 4. The molecule has 126 valence electrons. The van der Waals surface area contributed by atoms with Gasteiger partial charge in [0.2, 0.25) is 0 Å². The van der Waals surface area contributed by atoms with Gasteiger partial charge in [-0.05, 0) is 43.5 Å². The normalized spacial score (nSPS) is 27.1. The minimum absolute atomic E-state index is 0.410. The Kier molecular flexibility index (Phi) is 5.09. The van der Waals surface area contributed by atoms with Crippen LogP contribution in [0.2, 0.25) is 5.02 Å². The number of anilines is 1. The van der Waals surface area contributed by atoms with Gasteiger partial charge in [0.05, 0.1) is 12.0 Å². The molecule has 0 aromatic heterocycles. The Morgan fingerprint density at radius 2 is 1.74 bits per heavy atom. The van der Waals surface area contributed by atoms with Crippen molar-refractivity contribution in [2.75, 3.05) is 31.1 Å². The number of nitrogens with zero attached hydrogens (tertiary/aromatic N) is 2. The van der Waals surface area contributed by atoms with Crippen molar-refractivity contribution >= 4 is 23.3 Å². The maximum Gasteiger partial charge on any atom is 0.310 e. The Bertz CT molecular complexity index is 543. The predicted molar refractivity (Wildman–Crippen MR) is 90.0 cm³/mol. The van der Waals surface area contributed by atoms with E-state index in [1.54, 1.807) is 0 Å². The smallest absolute Gasteiger partial charge is 0.310 e. The zero-order valence-electron chi connectivity index (χ0n) is 13.1. The summed E-state index contributed by atoms with van der Waals surface area (Å²) in [6, 6.07) is 8.31. The largest absolute Gasteiger partial charge is 0.481 e. The summed E-state index contributed by atoms with van der Waals surface area (Å²) in [4.78, 5) is 15.9. The first-order valence-electron chi connectivity index (χ1n) is 8.20. The molecule has 5 nitrogen and oxygen atoms in total. The summed E-state index contributed by atoms with van der Waals surface area (Å²) in [5.74, 6) is -1.54. The maximum absolute atomic E-state index is 11.3. The quantitative estimate of drug-likeness (QED) is 0.883. The van der Waals surface area contributed by atoms with Crippen LogP contribution in [0.4, 0.5) is 5.69 Å². The summed E-state index contributed by atoms with van der Waals surface area (Å²) in [5.41, 5.74) is 1.19. The molecule has 2 aliphatic heterocycles. The number of benzene rings is 1. The van der Waals surface area contributed by atoms with Gasteiger partial charge in [-0.2, -0.15) is 0 Å². The van der Waals surface area contributed by atoms with Crippen LogP contribution in [0.5, 0.6) is 0 Å². The summed E-state index contributed by atoms with van der Waals surface area (Å²) in [7, 11) is 0. The molecule has 23 heavy (non-hydrogen) atoms. The molecular weight excluding hydrogens is 316 g/mol. The number of carboxylic acid groups (broad SMARTS) is 1. The van der Waals surface area contributed by atoms with E-state index in [0.717, 1.165) is 37.5 Å². The Hall–Kier alpha value is -1.30. The van der Waals surface area contributed by atoms with Crippen molar-refractivity contribution in [3.63, 3.8) is 0 Å². The highest BCUT2D eigenvalue weighted by atomic mass is 35.5. The van der Waals surface area contributed by atoms with E-state index in [4.69, 9.17) is 11.6 Å². The highest BCUT2D eigenvalue weighted by Crippen LogP contribution is 2.27. The monoisotopic (exact) mass is 338 g/mol. The SMILES string of the molecule is O=C(O)[C@H]1CN(C2CCN(c3ccc(Cl)cc3)CC2)CC[C@@H]1O. The van der Waals surface area contributed by atoms with Gasteiger partial charge in [0.25, 0.3) is 0 Å². The Morgan fingerprint density at radius 1 is 1.09 bits per heavy atom. The number of piperidine rings is 2. The highest BCUT2D eigenvalue weighted by molar-refractivity contribution is 6.30. The molecule has 2 heterocycles. The third-order valence-corrected chi connectivity index (χ3v) is 5.35. The van der Waals surface area contributed by atoms with Crippen molar-refractivity contribution in [1.29, 1.82) is 0 Å². The molecule has 6 heteroatoms. The van der Waals surface area contributed by atoms with Gasteiger partial charge in [0, 0.05) is 42.9 Å². The van der Waals surface area contributed by atoms with Gasteiger partial charge in [-0.25, -0.2) is 0 Å². The van der Waals surface area contributed by atoms with Gasteiger partial charge in [-0.3, -0.25) is 9.69 Å². The predicted octanol–water partition coefficient (Wildman–Crippen LogP) is 2.08. The van der Waals surface area contributed by atoms with Crippen LogP contribution in [0.3, 0.4) is 0 Å². The van der Waals surface area contributed by atoms with Gasteiger partial charge in [-0.15, -0.1) is 0 Å². The Balaban J connectivity index is 1.56. The lowest BCUT2D eigenvalue weighted by molar-refractivity contribution is -0.149. The highest BCUT2D eigenvalue weighted by Gasteiger charge is 2.36. The zero-order valence-corrected chi connectivity index (χ0v) is 13.8. The second-order valence-electron chi connectivity index (χ2n) is 6.49. The van der Waals surface area contributed by atoms with Crippen molar-refractivity contribution < 1.29 is 15.0 Å². The van der Waals surface area contributed by atoms with Gasteiger partial charge in [0.15, 0.2) is 0 Å². The number of aliphatic hydroxyl groups is 1. The molecule has 0 radical (unpaired) electrons. The topological polar surface area (TPSA) is 64.0 Å². The second kappa shape index (κ2) is 7.07. The molecule has 0 bridgehead atoms. The van der Waals surface area contributed by atoms with Crippen LogP contribution < -0.4 is 4.90 Å². The van der Waals surface area contributed by atoms with Crippen LogP contribution >= 0.6 is 11.6 Å². The van der Waals surface area contributed by atoms with E-state index in [9.17, 15) is 15.0 Å². The molecule has 3 rings (SSSR count). The first kappa shape index (κ1) is 16.6. The number of carbonyl (C=O) groups is 1. The van der Waals surface area contributed by atoms with Crippen molar-refractivity contribution in [3.05, 3.63) is 29.3 Å². The molecule has 2 fully saturated rings. The fraction of sp³-hybridized carbons (Fsp3) is 0.588. The third kappa shape index (κ3) is 3.79. The summed E-state index contributed by atoms with van der Waals surface area (Å²) in [6.07, 6.45) is 1.88. The molecule has 0 saturated carbocycles. The van der Waals surface area contributed by atoms with E-state index in [1.165, 1.54) is 5.69 Å². The Morgan fingerprint density at radius 3 is 2.35 bits per heavy atom. The lowest BCUT2D eigenvalue weighted by atomic mass is 9.91. The summed E-state index contributed by atoms with van der Waals surface area (Å²) >= 11 is 5.93. The molecule has 0 amide bonds. The van der Waals surface area contributed by atoms with E-state index in [1.807, 2.05) is 24.3 Å². The first-order valence-corrected chi connectivity index (χ1v) is 8.58. The van der Waals surface area contributed by atoms with Crippen LogP contribution in [-0.2, 0) is 4.79 Å². The molecule has 1 aromatic rings. The van der Waals surface area contributed by atoms with Crippen LogP contribution in [-0.4, -0.2) is 59.4 Å². The van der Waals surface area contributed by atoms with Crippen molar-refractivity contribution in [1.82, 2.24) is 4.90 Å². The lowest BCUT2D eigenvalue weighted by Gasteiger charge is -2.43. The minimum Gasteiger partial charge on any atom is -0.481 e. The molecule has 0 unspecified atom stereocenters. The molecule has 0 aliphatic carbocycles. The van der Waals surface area contributed by atoms with Crippen LogP contribution in [0, 0.1) is 5.92 Å². The summed E-state index contributed by atoms with van der Waals surface area (Å²) < 4.78 is 0. The van der Waals surface area contributed by atoms with Crippen molar-refractivity contribution in [2.45, 2.75) is 31.4 Å². The number of hydrogen-bond donors (Lipinski definition) is 2. The van der Waals surface area contributed by atoms with E-state index >= 15 is 0 Å². The lowest BCUT2D eigenvalue weighted by Crippen LogP contribution is -2.53. The summed E-state index contributed by atoms with van der Waals surface area (Å²) in [5, 5.41) is 19.8. The Labute approximate surface area is 141 Å². The molecule has 2 atom stereocenters. The first-order chi connectivity index (χ1) is 11.0. The van der Waals surface area contributed by atoms with E-state index in [0.29, 0.717) is 19.0 Å². The standard InChI is InChI=1S/C17H23ClN2O3/c18-12-1-3-13(4-2-12)19-8-5-14(6-9-19)20-10-7-16(21)15(11-20)17(22)23/h1-4,14-16,21H,5-11H2,(H,22,23)/t15-,16-/m0/s1. The average Bonchev–Trinajstić information content (AvgIpc) is 2.56. The van der Waals surface area contributed by atoms with Crippen LogP contribution in [0.25, 0.3) is 0 Å². The molecule has 0 spiro atoms. The van der Waals surface area contributed by atoms with E-state index in [-0.39, 0.29) is 0 Å². The van der Waals surface area contributed by atoms with Crippen LogP contribution in [0.1, 0.15) is 19.3 Å². The zero-order chi connectivity index (χ0) is 16.4. The molecular formula is C17H23ClN2O3. The fourth-order valence-electron chi connectivity index (χ4n) is 3.68. The minimum atomic E-state index is -0.888.